The lowest BCUT2D eigenvalue weighted by atomic mass is 10.00. The second kappa shape index (κ2) is 5.10. The van der Waals surface area contributed by atoms with Crippen molar-refractivity contribution in [2.75, 3.05) is 5.73 Å². The van der Waals surface area contributed by atoms with Gasteiger partial charge in [-0.2, -0.15) is 0 Å². The van der Waals surface area contributed by atoms with Crippen molar-refractivity contribution in [3.63, 3.8) is 0 Å². The van der Waals surface area contributed by atoms with Gasteiger partial charge in [-0.05, 0) is 53.8 Å². The third-order valence-corrected chi connectivity index (χ3v) is 3.64. The average molecular weight is 284 g/mol. The van der Waals surface area contributed by atoms with Gasteiger partial charge in [0.1, 0.15) is 12.1 Å². The number of nitrogen functional groups attached to an aromatic ring is 1. The molecular formula is C16H14ClN3. The summed E-state index contributed by atoms with van der Waals surface area (Å²) in [6, 6.07) is 7.75. The van der Waals surface area contributed by atoms with Gasteiger partial charge in [-0.1, -0.05) is 23.7 Å². The van der Waals surface area contributed by atoms with Gasteiger partial charge >= 0.3 is 0 Å². The molecule has 0 amide bonds. The highest BCUT2D eigenvalue weighted by Gasteiger charge is 2.13. The first-order valence-corrected chi connectivity index (χ1v) is 6.76. The standard InChI is InChI=1S/C16H14ClN3/c1-10-2-5-13(17)7-14(10)11-3-4-12(6-11)15-8-16(18)20-9-19-15/h2,4-9H,3H2,1H3,(H2,18,19,20). The molecule has 100 valence electrons. The molecule has 0 radical (unpaired) electrons. The predicted octanol–water partition coefficient (Wildman–Crippen LogP) is 3.89. The molecule has 2 aromatic rings. The van der Waals surface area contributed by atoms with E-state index in [0.29, 0.717) is 5.82 Å². The summed E-state index contributed by atoms with van der Waals surface area (Å²) in [4.78, 5) is 8.18. The number of rotatable bonds is 2. The lowest BCUT2D eigenvalue weighted by molar-refractivity contribution is 1.15. The van der Waals surface area contributed by atoms with E-state index in [4.69, 9.17) is 17.3 Å². The number of anilines is 1. The first-order valence-electron chi connectivity index (χ1n) is 6.38. The number of aromatic nitrogens is 2. The predicted molar refractivity (Wildman–Crippen MR) is 83.2 cm³/mol. The molecule has 0 unspecified atom stereocenters. The van der Waals surface area contributed by atoms with Crippen molar-refractivity contribution in [2.45, 2.75) is 13.3 Å². The van der Waals surface area contributed by atoms with E-state index in [9.17, 15) is 0 Å². The number of aryl methyl sites for hydroxylation is 1. The lowest BCUT2D eigenvalue weighted by Crippen LogP contribution is -1.94. The Morgan fingerprint density at radius 3 is 2.85 bits per heavy atom. The number of hydrogen-bond acceptors (Lipinski definition) is 3. The zero-order chi connectivity index (χ0) is 14.1. The molecule has 4 heteroatoms. The second-order valence-corrected chi connectivity index (χ2v) is 5.26. The maximum atomic E-state index is 6.09. The third-order valence-electron chi connectivity index (χ3n) is 3.40. The highest BCUT2D eigenvalue weighted by Crippen LogP contribution is 2.34. The fourth-order valence-corrected chi connectivity index (χ4v) is 2.53. The molecule has 0 aliphatic heterocycles. The van der Waals surface area contributed by atoms with Crippen LogP contribution in [-0.2, 0) is 0 Å². The number of benzene rings is 1. The molecule has 1 aliphatic carbocycles. The summed E-state index contributed by atoms with van der Waals surface area (Å²) >= 11 is 6.09. The van der Waals surface area contributed by atoms with Crippen LogP contribution in [0.4, 0.5) is 5.82 Å². The topological polar surface area (TPSA) is 51.8 Å². The van der Waals surface area contributed by atoms with Crippen LogP contribution in [0.25, 0.3) is 11.1 Å². The summed E-state index contributed by atoms with van der Waals surface area (Å²) in [7, 11) is 0. The van der Waals surface area contributed by atoms with Crippen molar-refractivity contribution in [1.29, 1.82) is 0 Å². The quantitative estimate of drug-likeness (QED) is 0.909. The Hall–Kier alpha value is -2.13. The van der Waals surface area contributed by atoms with Crippen LogP contribution in [-0.4, -0.2) is 9.97 Å². The number of halogens is 1. The molecule has 0 bridgehead atoms. The maximum absolute atomic E-state index is 6.09. The van der Waals surface area contributed by atoms with Crippen LogP contribution in [0.1, 0.15) is 23.2 Å². The van der Waals surface area contributed by atoms with Gasteiger partial charge in [0.05, 0.1) is 5.69 Å². The summed E-state index contributed by atoms with van der Waals surface area (Å²) in [6.07, 6.45) is 6.65. The third kappa shape index (κ3) is 2.45. The minimum Gasteiger partial charge on any atom is -0.384 e. The number of nitrogens with two attached hydrogens (primary N) is 1. The van der Waals surface area contributed by atoms with Crippen molar-refractivity contribution in [3.8, 4) is 0 Å². The zero-order valence-corrected chi connectivity index (χ0v) is 11.9. The molecule has 1 heterocycles. The summed E-state index contributed by atoms with van der Waals surface area (Å²) in [5.41, 5.74) is 11.3. The molecule has 2 N–H and O–H groups in total. The highest BCUT2D eigenvalue weighted by atomic mass is 35.5. The molecule has 0 spiro atoms. The molecule has 0 atom stereocenters. The maximum Gasteiger partial charge on any atom is 0.127 e. The first-order chi connectivity index (χ1) is 9.63. The van der Waals surface area contributed by atoms with Crippen LogP contribution in [0.3, 0.4) is 0 Å². The monoisotopic (exact) mass is 283 g/mol. The molecule has 1 aromatic heterocycles. The van der Waals surface area contributed by atoms with Crippen LogP contribution in [0.2, 0.25) is 5.02 Å². The van der Waals surface area contributed by atoms with E-state index in [1.54, 1.807) is 6.07 Å². The van der Waals surface area contributed by atoms with E-state index < -0.39 is 0 Å². The van der Waals surface area contributed by atoms with Crippen LogP contribution in [0.5, 0.6) is 0 Å². The fraction of sp³-hybridized carbons (Fsp3) is 0.125. The Balaban J connectivity index is 1.96. The minimum absolute atomic E-state index is 0.483. The Morgan fingerprint density at radius 2 is 2.05 bits per heavy atom. The van der Waals surface area contributed by atoms with Gasteiger partial charge in [-0.3, -0.25) is 0 Å². The Morgan fingerprint density at radius 1 is 1.20 bits per heavy atom. The van der Waals surface area contributed by atoms with Crippen LogP contribution in [0.15, 0.2) is 42.7 Å². The summed E-state index contributed by atoms with van der Waals surface area (Å²) in [5.74, 6) is 0.483. The number of hydrogen-bond donors (Lipinski definition) is 1. The van der Waals surface area contributed by atoms with Crippen molar-refractivity contribution in [2.24, 2.45) is 0 Å². The molecule has 0 saturated heterocycles. The van der Waals surface area contributed by atoms with Gasteiger partial charge in [-0.25, -0.2) is 9.97 Å². The minimum atomic E-state index is 0.483. The van der Waals surface area contributed by atoms with Crippen LogP contribution >= 0.6 is 11.6 Å². The SMILES string of the molecule is Cc1ccc(Cl)cc1C1=CC(c2cc(N)ncn2)=CC1. The van der Waals surface area contributed by atoms with E-state index in [0.717, 1.165) is 22.7 Å². The van der Waals surface area contributed by atoms with Gasteiger partial charge in [-0.15, -0.1) is 0 Å². The van der Waals surface area contributed by atoms with Gasteiger partial charge in [0.2, 0.25) is 0 Å². The van der Waals surface area contributed by atoms with E-state index in [1.807, 2.05) is 18.2 Å². The first kappa shape index (κ1) is 12.9. The number of allylic oxidation sites excluding steroid dienone is 4. The van der Waals surface area contributed by atoms with Crippen molar-refractivity contribution in [1.82, 2.24) is 9.97 Å². The molecule has 1 aliphatic rings. The number of nitrogens with zero attached hydrogens (tertiary/aromatic N) is 2. The normalized spacial score (nSPS) is 14.1. The van der Waals surface area contributed by atoms with E-state index in [-0.39, 0.29) is 0 Å². The largest absolute Gasteiger partial charge is 0.384 e. The summed E-state index contributed by atoms with van der Waals surface area (Å²) in [5, 5.41) is 0.756. The molecule has 0 fully saturated rings. The summed E-state index contributed by atoms with van der Waals surface area (Å²) in [6.45, 7) is 2.09. The van der Waals surface area contributed by atoms with E-state index in [1.165, 1.54) is 23.0 Å². The van der Waals surface area contributed by atoms with E-state index in [2.05, 4.69) is 29.0 Å². The van der Waals surface area contributed by atoms with Gasteiger partial charge < -0.3 is 5.73 Å². The lowest BCUT2D eigenvalue weighted by Gasteiger charge is -2.07. The van der Waals surface area contributed by atoms with Crippen LogP contribution in [0, 0.1) is 6.92 Å². The van der Waals surface area contributed by atoms with Crippen molar-refractivity contribution < 1.29 is 0 Å². The molecule has 20 heavy (non-hydrogen) atoms. The van der Waals surface area contributed by atoms with Crippen LogP contribution < -0.4 is 5.73 Å². The second-order valence-electron chi connectivity index (χ2n) is 4.82. The van der Waals surface area contributed by atoms with Crippen molar-refractivity contribution >= 4 is 28.6 Å². The highest BCUT2D eigenvalue weighted by molar-refractivity contribution is 6.30. The van der Waals surface area contributed by atoms with E-state index >= 15 is 0 Å². The smallest absolute Gasteiger partial charge is 0.127 e. The van der Waals surface area contributed by atoms with Gasteiger partial charge in [0, 0.05) is 11.1 Å². The molecule has 1 aromatic carbocycles. The van der Waals surface area contributed by atoms with Gasteiger partial charge in [0.15, 0.2) is 0 Å². The Bertz CT molecular complexity index is 732. The fourth-order valence-electron chi connectivity index (χ4n) is 2.36. The average Bonchev–Trinajstić information content (AvgIpc) is 2.91. The Labute approximate surface area is 122 Å². The van der Waals surface area contributed by atoms with Gasteiger partial charge in [0.25, 0.3) is 0 Å². The summed E-state index contributed by atoms with van der Waals surface area (Å²) < 4.78 is 0. The molecule has 3 rings (SSSR count). The molecule has 3 nitrogen and oxygen atoms in total. The molecule has 0 saturated carbocycles. The van der Waals surface area contributed by atoms with Crippen molar-refractivity contribution in [3.05, 3.63) is 64.6 Å². The molecular weight excluding hydrogens is 270 g/mol. The zero-order valence-electron chi connectivity index (χ0n) is 11.1. The Kier molecular flexibility index (Phi) is 3.28.